The van der Waals surface area contributed by atoms with E-state index in [1.165, 1.54) is 12.1 Å². The van der Waals surface area contributed by atoms with E-state index in [4.69, 9.17) is 0 Å². The number of nitrogens with one attached hydrogen (secondary N) is 1. The van der Waals surface area contributed by atoms with Crippen molar-refractivity contribution >= 4 is 18.0 Å². The van der Waals surface area contributed by atoms with Gasteiger partial charge in [-0.15, -0.1) is 0 Å². The summed E-state index contributed by atoms with van der Waals surface area (Å²) in [7, 11) is 1.63. The van der Waals surface area contributed by atoms with Gasteiger partial charge in [-0.25, -0.2) is 9.18 Å². The number of quaternary nitrogens is 1. The van der Waals surface area contributed by atoms with Gasteiger partial charge in [-0.3, -0.25) is 4.48 Å². The SMILES string of the molecule is CNC(=O)N1CC[N+](CCCC=O)(c2ccc(F)cc2)CC1. The first-order chi connectivity index (χ1) is 10.6. The summed E-state index contributed by atoms with van der Waals surface area (Å²) < 4.78 is 13.9. The number of nitrogens with zero attached hydrogens (tertiary/aromatic N) is 2. The fraction of sp³-hybridized carbons (Fsp3) is 0.500. The first kappa shape index (κ1) is 16.4. The molecule has 0 radical (unpaired) electrons. The molecule has 1 N–H and O–H groups in total. The van der Waals surface area contributed by atoms with Crippen LogP contribution in [0.2, 0.25) is 0 Å². The highest BCUT2D eigenvalue weighted by molar-refractivity contribution is 5.74. The molecule has 0 unspecified atom stereocenters. The maximum atomic E-state index is 13.2. The maximum absolute atomic E-state index is 13.2. The van der Waals surface area contributed by atoms with E-state index in [1.807, 2.05) is 12.1 Å². The first-order valence-corrected chi connectivity index (χ1v) is 7.64. The fourth-order valence-corrected chi connectivity index (χ4v) is 3.05. The molecule has 1 aliphatic heterocycles. The zero-order chi connectivity index (χ0) is 16.0. The molecule has 1 fully saturated rings. The quantitative estimate of drug-likeness (QED) is 0.512. The van der Waals surface area contributed by atoms with Crippen LogP contribution < -0.4 is 9.80 Å². The minimum Gasteiger partial charge on any atom is -0.341 e. The second kappa shape index (κ2) is 7.35. The molecule has 1 aromatic carbocycles. The van der Waals surface area contributed by atoms with E-state index < -0.39 is 0 Å². The van der Waals surface area contributed by atoms with Gasteiger partial charge in [-0.05, 0) is 12.1 Å². The van der Waals surface area contributed by atoms with Gasteiger partial charge in [0.15, 0.2) is 0 Å². The summed E-state index contributed by atoms with van der Waals surface area (Å²) >= 11 is 0. The number of benzene rings is 1. The Morgan fingerprint density at radius 3 is 2.50 bits per heavy atom. The summed E-state index contributed by atoms with van der Waals surface area (Å²) in [5, 5.41) is 2.65. The fourth-order valence-electron chi connectivity index (χ4n) is 3.05. The van der Waals surface area contributed by atoms with Crippen molar-refractivity contribution in [2.75, 3.05) is 39.8 Å². The highest BCUT2D eigenvalue weighted by atomic mass is 19.1. The Morgan fingerprint density at radius 1 is 1.32 bits per heavy atom. The van der Waals surface area contributed by atoms with Crippen LogP contribution >= 0.6 is 0 Å². The average molecular weight is 308 g/mol. The number of halogens is 1. The van der Waals surface area contributed by atoms with Crippen molar-refractivity contribution in [2.45, 2.75) is 12.8 Å². The number of hydrogen-bond acceptors (Lipinski definition) is 2. The predicted octanol–water partition coefficient (Wildman–Crippen LogP) is 1.77. The van der Waals surface area contributed by atoms with Gasteiger partial charge in [0.25, 0.3) is 0 Å². The number of rotatable bonds is 5. The summed E-state index contributed by atoms with van der Waals surface area (Å²) in [4.78, 5) is 24.1. The van der Waals surface area contributed by atoms with Gasteiger partial charge in [-0.2, -0.15) is 0 Å². The number of unbranched alkanes of at least 4 members (excludes halogenated alkanes) is 1. The molecule has 0 bridgehead atoms. The average Bonchev–Trinajstić information content (AvgIpc) is 2.55. The lowest BCUT2D eigenvalue weighted by Gasteiger charge is -2.44. The van der Waals surface area contributed by atoms with E-state index in [-0.39, 0.29) is 11.8 Å². The number of aldehydes is 1. The van der Waals surface area contributed by atoms with Crippen LogP contribution in [0.3, 0.4) is 0 Å². The molecule has 6 heteroatoms. The van der Waals surface area contributed by atoms with Crippen LogP contribution in [0.15, 0.2) is 24.3 Å². The van der Waals surface area contributed by atoms with Crippen LogP contribution in [0, 0.1) is 5.82 Å². The molecule has 0 aliphatic carbocycles. The van der Waals surface area contributed by atoms with Crippen molar-refractivity contribution in [2.24, 2.45) is 0 Å². The summed E-state index contributed by atoms with van der Waals surface area (Å²) in [5.74, 6) is -0.251. The third kappa shape index (κ3) is 3.62. The molecule has 0 saturated carbocycles. The Hall–Kier alpha value is -1.95. The molecule has 1 saturated heterocycles. The topological polar surface area (TPSA) is 49.4 Å². The van der Waals surface area contributed by atoms with Crippen molar-refractivity contribution in [3.63, 3.8) is 0 Å². The van der Waals surface area contributed by atoms with Crippen LogP contribution in [0.1, 0.15) is 12.8 Å². The molecule has 1 heterocycles. The predicted molar refractivity (Wildman–Crippen MR) is 84.1 cm³/mol. The molecule has 2 rings (SSSR count). The number of piperazine rings is 1. The maximum Gasteiger partial charge on any atom is 0.317 e. The standard InChI is InChI=1S/C16H22FN3O2/c1-18-16(22)19-8-11-20(12-9-19,10-2-3-13-21)15-6-4-14(17)5-7-15/h4-7,13H,2-3,8-12H2,1H3/p+1. The van der Waals surface area contributed by atoms with Crippen LogP contribution in [0.4, 0.5) is 14.9 Å². The number of amides is 2. The minimum absolute atomic E-state index is 0.0650. The molecule has 0 aromatic heterocycles. The molecular formula is C16H23FN3O2+. The molecule has 0 spiro atoms. The third-order valence-electron chi connectivity index (χ3n) is 4.38. The van der Waals surface area contributed by atoms with E-state index in [0.29, 0.717) is 24.0 Å². The van der Waals surface area contributed by atoms with Gasteiger partial charge >= 0.3 is 6.03 Å². The van der Waals surface area contributed by atoms with Gasteiger partial charge in [0, 0.05) is 32.0 Å². The van der Waals surface area contributed by atoms with E-state index in [1.54, 1.807) is 11.9 Å². The van der Waals surface area contributed by atoms with Crippen LogP contribution in [-0.4, -0.2) is 57.0 Å². The number of carbonyl (C=O) groups is 2. The van der Waals surface area contributed by atoms with E-state index in [0.717, 1.165) is 38.0 Å². The molecule has 2 amide bonds. The second-order valence-electron chi connectivity index (χ2n) is 5.64. The van der Waals surface area contributed by atoms with Crippen molar-refractivity contribution in [3.05, 3.63) is 30.1 Å². The number of carbonyl (C=O) groups excluding carboxylic acids is 2. The summed E-state index contributed by atoms with van der Waals surface area (Å²) in [5.41, 5.74) is 1.05. The van der Waals surface area contributed by atoms with Gasteiger partial charge in [0.05, 0.1) is 19.6 Å². The first-order valence-electron chi connectivity index (χ1n) is 7.64. The highest BCUT2D eigenvalue weighted by Crippen LogP contribution is 2.26. The van der Waals surface area contributed by atoms with Crippen molar-refractivity contribution in [3.8, 4) is 0 Å². The number of urea groups is 1. The minimum atomic E-state index is -0.251. The smallest absolute Gasteiger partial charge is 0.317 e. The lowest BCUT2D eigenvalue weighted by Crippen LogP contribution is -2.62. The molecular weight excluding hydrogens is 285 g/mol. The largest absolute Gasteiger partial charge is 0.341 e. The van der Waals surface area contributed by atoms with Gasteiger partial charge in [-0.1, -0.05) is 0 Å². The summed E-state index contributed by atoms with van der Waals surface area (Å²) in [6, 6.07) is 6.50. The monoisotopic (exact) mass is 308 g/mol. The van der Waals surface area contributed by atoms with E-state index >= 15 is 0 Å². The molecule has 5 nitrogen and oxygen atoms in total. The van der Waals surface area contributed by atoms with E-state index in [2.05, 4.69) is 5.32 Å². The van der Waals surface area contributed by atoms with Gasteiger partial charge in [0.2, 0.25) is 0 Å². The molecule has 0 atom stereocenters. The van der Waals surface area contributed by atoms with Crippen molar-refractivity contribution in [1.29, 1.82) is 0 Å². The molecule has 22 heavy (non-hydrogen) atoms. The zero-order valence-electron chi connectivity index (χ0n) is 12.9. The lowest BCUT2D eigenvalue weighted by molar-refractivity contribution is -0.108. The summed E-state index contributed by atoms with van der Waals surface area (Å²) in [6.07, 6.45) is 2.25. The molecule has 1 aliphatic rings. The lowest BCUT2D eigenvalue weighted by atomic mass is 10.1. The van der Waals surface area contributed by atoms with Gasteiger partial charge in [0.1, 0.15) is 30.9 Å². The Bertz CT molecular complexity index is 511. The molecule has 120 valence electrons. The Morgan fingerprint density at radius 2 is 1.95 bits per heavy atom. The van der Waals surface area contributed by atoms with Crippen LogP contribution in [0.5, 0.6) is 0 Å². The second-order valence-corrected chi connectivity index (χ2v) is 5.64. The summed E-state index contributed by atoms with van der Waals surface area (Å²) in [6.45, 7) is 3.68. The van der Waals surface area contributed by atoms with Crippen molar-refractivity contribution < 1.29 is 14.0 Å². The Labute approximate surface area is 130 Å². The van der Waals surface area contributed by atoms with Crippen molar-refractivity contribution in [1.82, 2.24) is 14.7 Å². The Kier molecular flexibility index (Phi) is 5.49. The normalized spacial score (nSPS) is 17.1. The van der Waals surface area contributed by atoms with Gasteiger partial charge < -0.3 is 15.0 Å². The molecule has 1 aromatic rings. The zero-order valence-corrected chi connectivity index (χ0v) is 12.9. The Balaban J connectivity index is 2.15. The third-order valence-corrected chi connectivity index (χ3v) is 4.38. The van der Waals surface area contributed by atoms with Crippen LogP contribution in [0.25, 0.3) is 0 Å². The number of hydrogen-bond donors (Lipinski definition) is 1. The van der Waals surface area contributed by atoms with Crippen LogP contribution in [-0.2, 0) is 4.79 Å². The van der Waals surface area contributed by atoms with E-state index in [9.17, 15) is 14.0 Å². The highest BCUT2D eigenvalue weighted by Gasteiger charge is 2.36.